The highest BCUT2D eigenvalue weighted by Crippen LogP contribution is 2.29. The van der Waals surface area contributed by atoms with Crippen molar-refractivity contribution in [3.63, 3.8) is 0 Å². The van der Waals surface area contributed by atoms with Gasteiger partial charge < -0.3 is 20.2 Å². The highest BCUT2D eigenvalue weighted by Gasteiger charge is 2.25. The van der Waals surface area contributed by atoms with Gasteiger partial charge in [-0.05, 0) is 37.1 Å². The fraction of sp³-hybridized carbons (Fsp3) is 0.190. The third-order valence-electron chi connectivity index (χ3n) is 4.89. The maximum atomic E-state index is 12.2. The molecule has 1 fully saturated rings. The predicted molar refractivity (Wildman–Crippen MR) is 107 cm³/mol. The van der Waals surface area contributed by atoms with E-state index < -0.39 is 0 Å². The van der Waals surface area contributed by atoms with Gasteiger partial charge in [0.15, 0.2) is 11.5 Å². The van der Waals surface area contributed by atoms with Crippen LogP contribution in [0.15, 0.2) is 59.6 Å². The number of carbonyl (C=O) groups excluding carboxylic acids is 1. The number of amides is 1. The number of aromatic hydroxyl groups is 1. The summed E-state index contributed by atoms with van der Waals surface area (Å²) in [5.41, 5.74) is 2.47. The summed E-state index contributed by atoms with van der Waals surface area (Å²) in [6.45, 7) is 0.494. The first-order valence-electron chi connectivity index (χ1n) is 9.41. The van der Waals surface area contributed by atoms with Gasteiger partial charge >= 0.3 is 0 Å². The molecule has 29 heavy (non-hydrogen) atoms. The Kier molecular flexibility index (Phi) is 4.16. The van der Waals surface area contributed by atoms with E-state index in [1.165, 1.54) is 0 Å². The van der Waals surface area contributed by atoms with Crippen molar-refractivity contribution >= 4 is 17.4 Å². The molecular weight excluding hydrogens is 370 g/mol. The number of phenols is 1. The fourth-order valence-corrected chi connectivity index (χ4v) is 3.22. The van der Waals surface area contributed by atoms with Gasteiger partial charge in [-0.2, -0.15) is 0 Å². The van der Waals surface area contributed by atoms with E-state index in [9.17, 15) is 9.90 Å². The largest absolute Gasteiger partial charge is 0.507 e. The fourth-order valence-electron chi connectivity index (χ4n) is 3.22. The quantitative estimate of drug-likeness (QED) is 0.468. The van der Waals surface area contributed by atoms with Crippen molar-refractivity contribution in [1.29, 1.82) is 0 Å². The number of benzene rings is 1. The van der Waals surface area contributed by atoms with Crippen LogP contribution in [0.1, 0.15) is 29.0 Å². The summed E-state index contributed by atoms with van der Waals surface area (Å²) in [5.74, 6) is 1.12. The molecule has 0 aliphatic heterocycles. The first-order valence-corrected chi connectivity index (χ1v) is 9.41. The van der Waals surface area contributed by atoms with Crippen molar-refractivity contribution in [3.05, 3.63) is 66.5 Å². The average Bonchev–Trinajstić information content (AvgIpc) is 3.20. The number of nitrogens with one attached hydrogen (secondary N) is 2. The van der Waals surface area contributed by atoms with Gasteiger partial charge in [0.1, 0.15) is 11.5 Å². The van der Waals surface area contributed by atoms with Crippen LogP contribution in [0.2, 0.25) is 0 Å². The van der Waals surface area contributed by atoms with E-state index in [1.807, 2.05) is 16.5 Å². The van der Waals surface area contributed by atoms with Gasteiger partial charge in [-0.25, -0.2) is 9.97 Å². The third-order valence-corrected chi connectivity index (χ3v) is 4.89. The van der Waals surface area contributed by atoms with Crippen molar-refractivity contribution in [3.8, 4) is 17.0 Å². The first-order chi connectivity index (χ1) is 14.2. The Morgan fingerprint density at radius 3 is 2.93 bits per heavy atom. The summed E-state index contributed by atoms with van der Waals surface area (Å²) in [5, 5.41) is 16.5. The number of nitrogens with zero attached hydrogens (tertiary/aromatic N) is 3. The molecule has 3 aromatic heterocycles. The maximum Gasteiger partial charge on any atom is 0.255 e. The predicted octanol–water partition coefficient (Wildman–Crippen LogP) is 3.20. The molecule has 1 aliphatic rings. The Bertz CT molecular complexity index is 1180. The van der Waals surface area contributed by atoms with Gasteiger partial charge in [-0.15, -0.1) is 0 Å². The Balaban J connectivity index is 1.43. The molecule has 0 unspecified atom stereocenters. The number of furan rings is 1. The summed E-state index contributed by atoms with van der Waals surface area (Å²) >= 11 is 0. The normalized spacial score (nSPS) is 13.5. The van der Waals surface area contributed by atoms with Crippen LogP contribution in [0.5, 0.6) is 5.75 Å². The molecule has 0 saturated heterocycles. The zero-order chi connectivity index (χ0) is 19.8. The van der Waals surface area contributed by atoms with Crippen LogP contribution in [0.4, 0.5) is 5.82 Å². The van der Waals surface area contributed by atoms with E-state index in [4.69, 9.17) is 4.42 Å². The molecule has 4 aromatic rings. The van der Waals surface area contributed by atoms with Gasteiger partial charge in [0.05, 0.1) is 30.3 Å². The second kappa shape index (κ2) is 6.97. The lowest BCUT2D eigenvalue weighted by Gasteiger charge is -2.09. The van der Waals surface area contributed by atoms with E-state index in [2.05, 4.69) is 20.6 Å². The molecule has 1 saturated carbocycles. The van der Waals surface area contributed by atoms with Crippen LogP contribution >= 0.6 is 0 Å². The number of fused-ring (bicyclic) bond motifs is 1. The Hall–Kier alpha value is -3.81. The Morgan fingerprint density at radius 2 is 2.17 bits per heavy atom. The zero-order valence-corrected chi connectivity index (χ0v) is 15.5. The third kappa shape index (κ3) is 3.40. The van der Waals surface area contributed by atoms with E-state index in [0.717, 1.165) is 29.9 Å². The van der Waals surface area contributed by atoms with Crippen molar-refractivity contribution in [2.75, 3.05) is 5.32 Å². The molecule has 0 atom stereocenters. The molecule has 3 N–H and O–H groups in total. The van der Waals surface area contributed by atoms with Crippen molar-refractivity contribution in [1.82, 2.24) is 19.7 Å². The van der Waals surface area contributed by atoms with Crippen LogP contribution in [-0.4, -0.2) is 31.4 Å². The number of rotatable bonds is 6. The number of aromatic nitrogens is 3. The number of phenolic OH excluding ortho intramolecular Hbond substituents is 1. The standard InChI is InChI=1S/C21H19N5O3/c27-18-10-13(3-6-16(18)21(28)25-14-4-5-14)17-12-24-20-19(22-7-8-26(17)20)23-11-15-2-1-9-29-15/h1-3,6-10,12,14,27H,4-5,11H2,(H,22,23)(H,25,28). The summed E-state index contributed by atoms with van der Waals surface area (Å²) in [4.78, 5) is 21.1. The molecule has 5 rings (SSSR count). The van der Waals surface area contributed by atoms with Gasteiger partial charge in [-0.1, -0.05) is 6.07 Å². The molecule has 0 spiro atoms. The molecule has 8 heteroatoms. The van der Waals surface area contributed by atoms with E-state index in [-0.39, 0.29) is 23.3 Å². The molecule has 1 amide bonds. The summed E-state index contributed by atoms with van der Waals surface area (Å²) in [6, 6.07) is 8.98. The van der Waals surface area contributed by atoms with Crippen LogP contribution in [-0.2, 0) is 6.54 Å². The van der Waals surface area contributed by atoms with E-state index in [0.29, 0.717) is 18.0 Å². The minimum absolute atomic E-state index is 0.0548. The summed E-state index contributed by atoms with van der Waals surface area (Å²) in [7, 11) is 0. The molecule has 146 valence electrons. The molecule has 8 nitrogen and oxygen atoms in total. The number of imidazole rings is 1. The van der Waals surface area contributed by atoms with Crippen molar-refractivity contribution in [2.24, 2.45) is 0 Å². The van der Waals surface area contributed by atoms with E-state index >= 15 is 0 Å². The second-order valence-corrected chi connectivity index (χ2v) is 7.03. The van der Waals surface area contributed by atoms with Gasteiger partial charge in [0.25, 0.3) is 5.91 Å². The minimum atomic E-state index is -0.247. The monoisotopic (exact) mass is 389 g/mol. The lowest BCUT2D eigenvalue weighted by molar-refractivity contribution is 0.0948. The molecule has 0 bridgehead atoms. The smallest absolute Gasteiger partial charge is 0.255 e. The molecule has 1 aliphatic carbocycles. The highest BCUT2D eigenvalue weighted by atomic mass is 16.3. The lowest BCUT2D eigenvalue weighted by atomic mass is 10.1. The molecule has 1 aromatic carbocycles. The van der Waals surface area contributed by atoms with Gasteiger partial charge in [-0.3, -0.25) is 9.20 Å². The van der Waals surface area contributed by atoms with Crippen LogP contribution in [0.25, 0.3) is 16.9 Å². The van der Waals surface area contributed by atoms with Crippen LogP contribution in [0.3, 0.4) is 0 Å². The minimum Gasteiger partial charge on any atom is -0.507 e. The summed E-state index contributed by atoms with van der Waals surface area (Å²) in [6.07, 6.45) is 8.82. The van der Waals surface area contributed by atoms with Crippen molar-refractivity contribution in [2.45, 2.75) is 25.4 Å². The number of anilines is 1. The Labute approximate surface area is 166 Å². The molecular formula is C21H19N5O3. The number of carbonyl (C=O) groups is 1. The topological polar surface area (TPSA) is 105 Å². The number of hydrogen-bond acceptors (Lipinski definition) is 6. The molecule has 0 radical (unpaired) electrons. The van der Waals surface area contributed by atoms with Gasteiger partial charge in [0.2, 0.25) is 0 Å². The highest BCUT2D eigenvalue weighted by molar-refractivity contribution is 5.97. The van der Waals surface area contributed by atoms with Crippen LogP contribution in [0, 0.1) is 0 Å². The SMILES string of the molecule is O=C(NC1CC1)c1ccc(-c2cnc3c(NCc4ccco4)nccn23)cc1O. The molecule has 3 heterocycles. The van der Waals surface area contributed by atoms with Crippen molar-refractivity contribution < 1.29 is 14.3 Å². The lowest BCUT2D eigenvalue weighted by Crippen LogP contribution is -2.25. The summed E-state index contributed by atoms with van der Waals surface area (Å²) < 4.78 is 7.22. The van der Waals surface area contributed by atoms with Crippen LogP contribution < -0.4 is 10.6 Å². The van der Waals surface area contributed by atoms with Gasteiger partial charge in [0, 0.05) is 24.0 Å². The number of hydrogen-bond donors (Lipinski definition) is 3. The average molecular weight is 389 g/mol. The second-order valence-electron chi connectivity index (χ2n) is 7.03. The maximum absolute atomic E-state index is 12.2. The zero-order valence-electron chi connectivity index (χ0n) is 15.5. The Morgan fingerprint density at radius 1 is 1.28 bits per heavy atom. The first kappa shape index (κ1) is 17.3. The van der Waals surface area contributed by atoms with E-state index in [1.54, 1.807) is 43.1 Å².